The second-order valence-electron chi connectivity index (χ2n) is 5.68. The molecule has 0 heterocycles. The maximum Gasteiger partial charge on any atom is 0.391 e. The molecule has 1 aliphatic rings. The fourth-order valence-electron chi connectivity index (χ4n) is 3.21. The maximum atomic E-state index is 12.7. The Balaban J connectivity index is 2.67. The van der Waals surface area contributed by atoms with Gasteiger partial charge in [-0.15, -0.1) is 0 Å². The van der Waals surface area contributed by atoms with Crippen molar-refractivity contribution < 1.29 is 13.2 Å². The van der Waals surface area contributed by atoms with E-state index in [1.165, 1.54) is 0 Å². The molecule has 114 valence electrons. The first kappa shape index (κ1) is 16.8. The zero-order valence-corrected chi connectivity index (χ0v) is 12.1. The van der Waals surface area contributed by atoms with E-state index in [2.05, 4.69) is 18.7 Å². The zero-order valence-electron chi connectivity index (χ0n) is 12.1. The van der Waals surface area contributed by atoms with Crippen molar-refractivity contribution in [3.8, 4) is 0 Å². The second kappa shape index (κ2) is 6.93. The van der Waals surface area contributed by atoms with Crippen LogP contribution in [-0.2, 0) is 0 Å². The van der Waals surface area contributed by atoms with Gasteiger partial charge in [-0.25, -0.2) is 0 Å². The Kier molecular flexibility index (Phi) is 6.12. The van der Waals surface area contributed by atoms with Gasteiger partial charge in [0.1, 0.15) is 0 Å². The molecule has 0 radical (unpaired) electrons. The fraction of sp³-hybridized carbons (Fsp3) is 1.00. The Labute approximate surface area is 114 Å². The Morgan fingerprint density at radius 3 is 2.16 bits per heavy atom. The van der Waals surface area contributed by atoms with Crippen molar-refractivity contribution in [2.45, 2.75) is 64.1 Å². The summed E-state index contributed by atoms with van der Waals surface area (Å²) >= 11 is 0. The number of nitrogens with zero attached hydrogens (tertiary/aromatic N) is 1. The van der Waals surface area contributed by atoms with E-state index in [0.717, 1.165) is 25.9 Å². The van der Waals surface area contributed by atoms with Gasteiger partial charge in [0.2, 0.25) is 0 Å². The van der Waals surface area contributed by atoms with Crippen molar-refractivity contribution in [3.05, 3.63) is 0 Å². The largest absolute Gasteiger partial charge is 0.391 e. The molecule has 0 aliphatic heterocycles. The highest BCUT2D eigenvalue weighted by Gasteiger charge is 2.46. The topological polar surface area (TPSA) is 29.3 Å². The number of nitrogens with two attached hydrogens (primary N) is 1. The van der Waals surface area contributed by atoms with E-state index in [1.54, 1.807) is 0 Å². The van der Waals surface area contributed by atoms with Crippen LogP contribution < -0.4 is 5.73 Å². The van der Waals surface area contributed by atoms with E-state index < -0.39 is 12.1 Å². The van der Waals surface area contributed by atoms with Gasteiger partial charge >= 0.3 is 6.18 Å². The molecule has 0 saturated heterocycles. The molecule has 0 spiro atoms. The summed E-state index contributed by atoms with van der Waals surface area (Å²) in [5.41, 5.74) is 5.72. The molecule has 0 bridgehead atoms. The van der Waals surface area contributed by atoms with Crippen LogP contribution in [0.3, 0.4) is 0 Å². The van der Waals surface area contributed by atoms with Crippen molar-refractivity contribution in [3.63, 3.8) is 0 Å². The molecule has 2 nitrogen and oxygen atoms in total. The minimum atomic E-state index is -4.04. The lowest BCUT2D eigenvalue weighted by Crippen LogP contribution is -2.56. The molecule has 0 unspecified atom stereocenters. The van der Waals surface area contributed by atoms with E-state index in [1.807, 2.05) is 0 Å². The molecule has 0 aromatic heterocycles. The van der Waals surface area contributed by atoms with Crippen LogP contribution in [0.2, 0.25) is 0 Å². The molecule has 1 aliphatic carbocycles. The SMILES string of the molecule is CCCCN(CC)C1(CN)CCC(C(F)(F)F)CC1. The monoisotopic (exact) mass is 280 g/mol. The minimum absolute atomic E-state index is 0.203. The Morgan fingerprint density at radius 2 is 1.79 bits per heavy atom. The molecule has 0 aromatic carbocycles. The van der Waals surface area contributed by atoms with Crippen molar-refractivity contribution in [2.75, 3.05) is 19.6 Å². The van der Waals surface area contributed by atoms with Crippen molar-refractivity contribution in [1.82, 2.24) is 4.90 Å². The number of rotatable bonds is 6. The van der Waals surface area contributed by atoms with Crippen LogP contribution in [0, 0.1) is 5.92 Å². The first-order valence-corrected chi connectivity index (χ1v) is 7.41. The quantitative estimate of drug-likeness (QED) is 0.806. The number of likely N-dealkylation sites (N-methyl/N-ethyl adjacent to an activating group) is 1. The molecule has 0 aromatic rings. The van der Waals surface area contributed by atoms with E-state index in [0.29, 0.717) is 19.4 Å². The third-order valence-electron chi connectivity index (χ3n) is 4.59. The summed E-state index contributed by atoms with van der Waals surface area (Å²) in [6.45, 7) is 6.48. The lowest BCUT2D eigenvalue weighted by atomic mass is 9.75. The standard InChI is InChI=1S/C14H27F3N2/c1-3-5-10-19(4-2)13(11-18)8-6-12(7-9-13)14(15,16)17/h12H,3-11,18H2,1-2H3. The first-order valence-electron chi connectivity index (χ1n) is 7.41. The predicted molar refractivity (Wildman–Crippen MR) is 72.0 cm³/mol. The number of halogens is 3. The third kappa shape index (κ3) is 4.09. The molecule has 0 atom stereocenters. The van der Waals surface area contributed by atoms with E-state index in [-0.39, 0.29) is 18.4 Å². The van der Waals surface area contributed by atoms with E-state index in [9.17, 15) is 13.2 Å². The summed E-state index contributed by atoms with van der Waals surface area (Å²) < 4.78 is 38.2. The van der Waals surface area contributed by atoms with E-state index in [4.69, 9.17) is 5.73 Å². The summed E-state index contributed by atoms with van der Waals surface area (Å²) in [6, 6.07) is 0. The molecule has 0 amide bonds. The Hall–Kier alpha value is -0.290. The predicted octanol–water partition coefficient (Wildman–Crippen LogP) is 3.56. The molecule has 1 saturated carbocycles. The molecule has 5 heteroatoms. The smallest absolute Gasteiger partial charge is 0.329 e. The minimum Gasteiger partial charge on any atom is -0.329 e. The van der Waals surface area contributed by atoms with Gasteiger partial charge in [0, 0.05) is 12.1 Å². The highest BCUT2D eigenvalue weighted by Crippen LogP contribution is 2.43. The van der Waals surface area contributed by atoms with Gasteiger partial charge in [-0.05, 0) is 45.2 Å². The molecule has 1 rings (SSSR count). The van der Waals surface area contributed by atoms with Crippen molar-refractivity contribution >= 4 is 0 Å². The Bertz CT molecular complexity index is 258. The van der Waals surface area contributed by atoms with Crippen LogP contribution in [0.5, 0.6) is 0 Å². The second-order valence-corrected chi connectivity index (χ2v) is 5.68. The molecular formula is C14H27F3N2. The Morgan fingerprint density at radius 1 is 1.21 bits per heavy atom. The summed E-state index contributed by atoms with van der Waals surface area (Å²) in [4.78, 5) is 2.31. The molecule has 1 fully saturated rings. The van der Waals surface area contributed by atoms with Gasteiger partial charge in [0.05, 0.1) is 5.92 Å². The number of hydrogen-bond acceptors (Lipinski definition) is 2. The van der Waals surface area contributed by atoms with Crippen LogP contribution in [0.15, 0.2) is 0 Å². The lowest BCUT2D eigenvalue weighted by molar-refractivity contribution is -0.188. The third-order valence-corrected chi connectivity index (χ3v) is 4.59. The highest BCUT2D eigenvalue weighted by molar-refractivity contribution is 4.96. The van der Waals surface area contributed by atoms with Crippen LogP contribution in [0.4, 0.5) is 13.2 Å². The maximum absolute atomic E-state index is 12.7. The summed E-state index contributed by atoms with van der Waals surface area (Å²) in [7, 11) is 0. The normalized spacial score (nSPS) is 28.9. The average molecular weight is 280 g/mol. The van der Waals surface area contributed by atoms with Gasteiger partial charge < -0.3 is 5.73 Å². The number of unbranched alkanes of at least 4 members (excludes halogenated alkanes) is 1. The van der Waals surface area contributed by atoms with Crippen LogP contribution >= 0.6 is 0 Å². The molecular weight excluding hydrogens is 253 g/mol. The molecule has 19 heavy (non-hydrogen) atoms. The van der Waals surface area contributed by atoms with Crippen molar-refractivity contribution in [2.24, 2.45) is 11.7 Å². The summed E-state index contributed by atoms with van der Waals surface area (Å²) in [5, 5.41) is 0. The fourth-order valence-corrected chi connectivity index (χ4v) is 3.21. The van der Waals surface area contributed by atoms with Gasteiger partial charge in [-0.3, -0.25) is 4.90 Å². The van der Waals surface area contributed by atoms with Gasteiger partial charge in [-0.2, -0.15) is 13.2 Å². The lowest BCUT2D eigenvalue weighted by Gasteiger charge is -2.47. The van der Waals surface area contributed by atoms with Crippen LogP contribution in [0.25, 0.3) is 0 Å². The van der Waals surface area contributed by atoms with Crippen LogP contribution in [0.1, 0.15) is 52.4 Å². The average Bonchev–Trinajstić information content (AvgIpc) is 2.39. The molecule has 2 N–H and O–H groups in total. The zero-order chi connectivity index (χ0) is 14.5. The van der Waals surface area contributed by atoms with Gasteiger partial charge in [0.25, 0.3) is 0 Å². The van der Waals surface area contributed by atoms with Gasteiger partial charge in [0.15, 0.2) is 0 Å². The summed E-state index contributed by atoms with van der Waals surface area (Å²) in [5.74, 6) is -1.13. The first-order chi connectivity index (χ1) is 8.89. The summed E-state index contributed by atoms with van der Waals surface area (Å²) in [6.07, 6.45) is -0.259. The number of hydrogen-bond donors (Lipinski definition) is 1. The highest BCUT2D eigenvalue weighted by atomic mass is 19.4. The van der Waals surface area contributed by atoms with Crippen LogP contribution in [-0.4, -0.2) is 36.2 Å². The van der Waals surface area contributed by atoms with E-state index >= 15 is 0 Å². The van der Waals surface area contributed by atoms with Gasteiger partial charge in [-0.1, -0.05) is 20.3 Å². The number of alkyl halides is 3. The van der Waals surface area contributed by atoms with Crippen molar-refractivity contribution in [1.29, 1.82) is 0 Å².